The van der Waals surface area contributed by atoms with Crippen molar-refractivity contribution in [1.29, 1.82) is 0 Å². The van der Waals surface area contributed by atoms with Crippen LogP contribution in [0.15, 0.2) is 5.38 Å². The van der Waals surface area contributed by atoms with E-state index >= 15 is 0 Å². The summed E-state index contributed by atoms with van der Waals surface area (Å²) in [5.74, 6) is -0.367. The van der Waals surface area contributed by atoms with Gasteiger partial charge in [0.05, 0.1) is 19.3 Å². The molecule has 1 N–H and O–H groups in total. The normalized spacial score (nSPS) is 15.6. The van der Waals surface area contributed by atoms with E-state index in [-0.39, 0.29) is 5.97 Å². The van der Waals surface area contributed by atoms with Crippen LogP contribution in [-0.2, 0) is 9.47 Å². The van der Waals surface area contributed by atoms with Gasteiger partial charge in [-0.2, -0.15) is 0 Å². The standard InChI is InChI=1S/C13H20N2O3S/c1-2-17-12(16)11-9-19-13(15-11)14-7-8-18-10-5-3-4-6-10/h9-10H,2-8H2,1H3,(H,14,15). The first-order valence-electron chi connectivity index (χ1n) is 6.77. The number of nitrogens with one attached hydrogen (secondary N) is 1. The van der Waals surface area contributed by atoms with Crippen LogP contribution >= 0.6 is 11.3 Å². The molecule has 0 amide bonds. The monoisotopic (exact) mass is 284 g/mol. The lowest BCUT2D eigenvalue weighted by atomic mass is 10.3. The molecule has 0 bridgehead atoms. The molecule has 0 atom stereocenters. The smallest absolute Gasteiger partial charge is 0.357 e. The molecule has 0 spiro atoms. The van der Waals surface area contributed by atoms with E-state index in [9.17, 15) is 4.79 Å². The Balaban J connectivity index is 1.66. The minimum atomic E-state index is -0.367. The second kappa shape index (κ2) is 7.45. The van der Waals surface area contributed by atoms with Crippen molar-refractivity contribution >= 4 is 22.4 Å². The third-order valence-electron chi connectivity index (χ3n) is 3.02. The highest BCUT2D eigenvalue weighted by atomic mass is 32.1. The Kier molecular flexibility index (Phi) is 5.60. The third-order valence-corrected chi connectivity index (χ3v) is 3.82. The number of thiazole rings is 1. The largest absolute Gasteiger partial charge is 0.461 e. The van der Waals surface area contributed by atoms with Gasteiger partial charge in [-0.1, -0.05) is 12.8 Å². The Morgan fingerprint density at radius 1 is 1.53 bits per heavy atom. The van der Waals surface area contributed by atoms with E-state index in [0.717, 1.165) is 5.13 Å². The summed E-state index contributed by atoms with van der Waals surface area (Å²) in [7, 11) is 0. The maximum absolute atomic E-state index is 11.4. The zero-order valence-corrected chi connectivity index (χ0v) is 12.0. The van der Waals surface area contributed by atoms with Crippen molar-refractivity contribution in [3.8, 4) is 0 Å². The number of carbonyl (C=O) groups excluding carboxylic acids is 1. The molecule has 106 valence electrons. The Bertz CT molecular complexity index is 402. The van der Waals surface area contributed by atoms with E-state index in [1.54, 1.807) is 12.3 Å². The van der Waals surface area contributed by atoms with Crippen LogP contribution in [-0.4, -0.2) is 36.8 Å². The van der Waals surface area contributed by atoms with Crippen LogP contribution in [0.1, 0.15) is 43.1 Å². The predicted octanol–water partition coefficient (Wildman–Crippen LogP) is 2.69. The van der Waals surface area contributed by atoms with E-state index in [2.05, 4.69) is 10.3 Å². The average Bonchev–Trinajstić information content (AvgIpc) is 3.06. The number of nitrogens with zero attached hydrogens (tertiary/aromatic N) is 1. The Morgan fingerprint density at radius 3 is 3.05 bits per heavy atom. The summed E-state index contributed by atoms with van der Waals surface area (Å²) in [6, 6.07) is 0. The molecule has 0 radical (unpaired) electrons. The SMILES string of the molecule is CCOC(=O)c1csc(NCCOC2CCCC2)n1. The van der Waals surface area contributed by atoms with Crippen molar-refractivity contribution in [3.63, 3.8) is 0 Å². The van der Waals surface area contributed by atoms with Gasteiger partial charge in [-0.05, 0) is 19.8 Å². The van der Waals surface area contributed by atoms with Crippen molar-refractivity contribution in [1.82, 2.24) is 4.98 Å². The number of carbonyl (C=O) groups is 1. The fraction of sp³-hybridized carbons (Fsp3) is 0.692. The summed E-state index contributed by atoms with van der Waals surface area (Å²) < 4.78 is 10.6. The second-order valence-corrected chi connectivity index (χ2v) is 5.32. The van der Waals surface area contributed by atoms with Gasteiger partial charge in [0.15, 0.2) is 10.8 Å². The Hall–Kier alpha value is -1.14. The van der Waals surface area contributed by atoms with E-state index < -0.39 is 0 Å². The van der Waals surface area contributed by atoms with Gasteiger partial charge in [0.25, 0.3) is 0 Å². The first-order chi connectivity index (χ1) is 9.29. The first-order valence-corrected chi connectivity index (χ1v) is 7.65. The quantitative estimate of drug-likeness (QED) is 0.616. The molecule has 1 aromatic rings. The minimum Gasteiger partial charge on any atom is -0.461 e. The molecular weight excluding hydrogens is 264 g/mol. The molecule has 6 heteroatoms. The van der Waals surface area contributed by atoms with Crippen LogP contribution in [0.2, 0.25) is 0 Å². The fourth-order valence-electron chi connectivity index (χ4n) is 2.09. The van der Waals surface area contributed by atoms with Crippen molar-refractivity contribution in [2.75, 3.05) is 25.1 Å². The van der Waals surface area contributed by atoms with Gasteiger partial charge in [0.2, 0.25) is 0 Å². The second-order valence-electron chi connectivity index (χ2n) is 4.46. The number of rotatable bonds is 7. The average molecular weight is 284 g/mol. The summed E-state index contributed by atoms with van der Waals surface area (Å²) in [4.78, 5) is 15.6. The molecular formula is C13H20N2O3S. The van der Waals surface area contributed by atoms with E-state index in [4.69, 9.17) is 9.47 Å². The van der Waals surface area contributed by atoms with Crippen molar-refractivity contribution in [3.05, 3.63) is 11.1 Å². The molecule has 0 unspecified atom stereocenters. The van der Waals surface area contributed by atoms with Gasteiger partial charge in [-0.3, -0.25) is 0 Å². The molecule has 0 saturated heterocycles. The van der Waals surface area contributed by atoms with Crippen molar-refractivity contribution in [2.24, 2.45) is 0 Å². The van der Waals surface area contributed by atoms with Gasteiger partial charge < -0.3 is 14.8 Å². The fourth-order valence-corrected chi connectivity index (χ4v) is 2.80. The maximum Gasteiger partial charge on any atom is 0.357 e. The lowest BCUT2D eigenvalue weighted by Crippen LogP contribution is -2.15. The van der Waals surface area contributed by atoms with Crippen LogP contribution < -0.4 is 5.32 Å². The highest BCUT2D eigenvalue weighted by molar-refractivity contribution is 7.13. The summed E-state index contributed by atoms with van der Waals surface area (Å²) >= 11 is 1.41. The Labute approximate surface area is 117 Å². The molecule has 0 aromatic carbocycles. The maximum atomic E-state index is 11.4. The molecule has 19 heavy (non-hydrogen) atoms. The van der Waals surface area contributed by atoms with E-state index in [0.29, 0.717) is 31.6 Å². The topological polar surface area (TPSA) is 60.5 Å². The number of hydrogen-bond donors (Lipinski definition) is 1. The lowest BCUT2D eigenvalue weighted by Gasteiger charge is -2.10. The van der Waals surface area contributed by atoms with Gasteiger partial charge in [-0.25, -0.2) is 9.78 Å². The first kappa shape index (κ1) is 14.3. The van der Waals surface area contributed by atoms with E-state index in [1.807, 2.05) is 0 Å². The number of esters is 1. The number of ether oxygens (including phenoxy) is 2. The summed E-state index contributed by atoms with van der Waals surface area (Å²) in [6.45, 7) is 3.55. The molecule has 1 aliphatic carbocycles. The van der Waals surface area contributed by atoms with Crippen LogP contribution in [0.3, 0.4) is 0 Å². The molecule has 1 saturated carbocycles. The van der Waals surface area contributed by atoms with Crippen LogP contribution in [0, 0.1) is 0 Å². The summed E-state index contributed by atoms with van der Waals surface area (Å²) in [6.07, 6.45) is 5.38. The van der Waals surface area contributed by atoms with Crippen LogP contribution in [0.25, 0.3) is 0 Å². The predicted molar refractivity (Wildman–Crippen MR) is 74.8 cm³/mol. The van der Waals surface area contributed by atoms with Gasteiger partial charge in [-0.15, -0.1) is 11.3 Å². The number of anilines is 1. The zero-order chi connectivity index (χ0) is 13.5. The molecule has 1 fully saturated rings. The van der Waals surface area contributed by atoms with Gasteiger partial charge in [0, 0.05) is 11.9 Å². The minimum absolute atomic E-state index is 0.367. The lowest BCUT2D eigenvalue weighted by molar-refractivity contribution is 0.0520. The van der Waals surface area contributed by atoms with E-state index in [1.165, 1.54) is 37.0 Å². The summed E-state index contributed by atoms with van der Waals surface area (Å²) in [5, 5.41) is 5.60. The molecule has 1 aromatic heterocycles. The number of aromatic nitrogens is 1. The number of hydrogen-bond acceptors (Lipinski definition) is 6. The van der Waals surface area contributed by atoms with Crippen molar-refractivity contribution in [2.45, 2.75) is 38.7 Å². The highest BCUT2D eigenvalue weighted by Gasteiger charge is 2.15. The summed E-state index contributed by atoms with van der Waals surface area (Å²) in [5.41, 5.74) is 0.367. The highest BCUT2D eigenvalue weighted by Crippen LogP contribution is 2.21. The van der Waals surface area contributed by atoms with Crippen LogP contribution in [0.5, 0.6) is 0 Å². The zero-order valence-electron chi connectivity index (χ0n) is 11.2. The van der Waals surface area contributed by atoms with Gasteiger partial charge in [0.1, 0.15) is 0 Å². The molecule has 5 nitrogen and oxygen atoms in total. The Morgan fingerprint density at radius 2 is 2.32 bits per heavy atom. The molecule has 1 heterocycles. The molecule has 0 aliphatic heterocycles. The van der Waals surface area contributed by atoms with Gasteiger partial charge >= 0.3 is 5.97 Å². The van der Waals surface area contributed by atoms with Crippen molar-refractivity contribution < 1.29 is 14.3 Å². The molecule has 1 aliphatic rings. The molecule has 2 rings (SSSR count). The third kappa shape index (κ3) is 4.47. The van der Waals surface area contributed by atoms with Crippen LogP contribution in [0.4, 0.5) is 5.13 Å².